The molecule has 2 nitrogen and oxygen atoms in total. The lowest BCUT2D eigenvalue weighted by Gasteiger charge is -2.00. The van der Waals surface area contributed by atoms with Crippen molar-refractivity contribution in [2.45, 2.75) is 26.1 Å². The van der Waals surface area contributed by atoms with Crippen LogP contribution in [0.1, 0.15) is 37.2 Å². The number of hydrogen-bond acceptors (Lipinski definition) is 2. The molecule has 2 rings (SSSR count). The van der Waals surface area contributed by atoms with Crippen LogP contribution >= 0.6 is 0 Å². The lowest BCUT2D eigenvalue weighted by molar-refractivity contribution is 0.199. The van der Waals surface area contributed by atoms with Gasteiger partial charge in [0.15, 0.2) is 0 Å². The van der Waals surface area contributed by atoms with Crippen molar-refractivity contribution in [3.63, 3.8) is 0 Å². The van der Waals surface area contributed by atoms with Crippen LogP contribution in [0.2, 0.25) is 0 Å². The molecule has 0 saturated heterocycles. The SMILES string of the molecule is C[C@@H](O)c1ccccc1.C[C@@H](O)c1ccccc1. The molecule has 0 heterocycles. The van der Waals surface area contributed by atoms with Crippen LogP contribution in [0.5, 0.6) is 0 Å². The Balaban J connectivity index is 0.000000180. The Hall–Kier alpha value is -1.64. The molecular weight excluding hydrogens is 224 g/mol. The quantitative estimate of drug-likeness (QED) is 0.849. The number of hydrogen-bond donors (Lipinski definition) is 2. The summed E-state index contributed by atoms with van der Waals surface area (Å²) < 4.78 is 0. The van der Waals surface area contributed by atoms with E-state index in [0.29, 0.717) is 0 Å². The lowest BCUT2D eigenvalue weighted by Crippen LogP contribution is -1.87. The Bertz CT molecular complexity index is 378. The highest BCUT2D eigenvalue weighted by Gasteiger charge is 1.95. The molecule has 18 heavy (non-hydrogen) atoms. The molecule has 0 aliphatic rings. The van der Waals surface area contributed by atoms with Crippen LogP contribution in [0, 0.1) is 0 Å². The third-order valence-corrected chi connectivity index (χ3v) is 2.56. The predicted octanol–water partition coefficient (Wildman–Crippen LogP) is 3.48. The van der Waals surface area contributed by atoms with Gasteiger partial charge >= 0.3 is 0 Å². The van der Waals surface area contributed by atoms with Crippen LogP contribution in [-0.4, -0.2) is 10.2 Å². The van der Waals surface area contributed by atoms with E-state index in [1.165, 1.54) is 0 Å². The highest BCUT2D eigenvalue weighted by atomic mass is 16.3. The van der Waals surface area contributed by atoms with E-state index in [2.05, 4.69) is 0 Å². The molecular formula is C16H20O2. The zero-order valence-corrected chi connectivity index (χ0v) is 10.8. The van der Waals surface area contributed by atoms with Gasteiger partial charge < -0.3 is 10.2 Å². The topological polar surface area (TPSA) is 40.5 Å². The third kappa shape index (κ3) is 5.13. The van der Waals surface area contributed by atoms with Crippen molar-refractivity contribution in [3.8, 4) is 0 Å². The van der Waals surface area contributed by atoms with Crippen molar-refractivity contribution in [2.24, 2.45) is 0 Å². The van der Waals surface area contributed by atoms with Crippen LogP contribution in [0.3, 0.4) is 0 Å². The summed E-state index contributed by atoms with van der Waals surface area (Å²) in [5.41, 5.74) is 1.94. The van der Waals surface area contributed by atoms with Gasteiger partial charge in [-0.1, -0.05) is 60.7 Å². The highest BCUT2D eigenvalue weighted by Crippen LogP contribution is 2.09. The van der Waals surface area contributed by atoms with Crippen molar-refractivity contribution < 1.29 is 10.2 Å². The third-order valence-electron chi connectivity index (χ3n) is 2.56. The fourth-order valence-electron chi connectivity index (χ4n) is 1.46. The van der Waals surface area contributed by atoms with Gasteiger partial charge in [-0.3, -0.25) is 0 Å². The van der Waals surface area contributed by atoms with E-state index in [1.807, 2.05) is 60.7 Å². The maximum Gasteiger partial charge on any atom is 0.0761 e. The first-order chi connectivity index (χ1) is 8.61. The van der Waals surface area contributed by atoms with Crippen LogP contribution < -0.4 is 0 Å². The molecule has 2 aromatic carbocycles. The van der Waals surface area contributed by atoms with Crippen molar-refractivity contribution >= 4 is 0 Å². The normalized spacial score (nSPS) is 13.1. The van der Waals surface area contributed by atoms with Crippen LogP contribution in [-0.2, 0) is 0 Å². The number of aliphatic hydroxyl groups excluding tert-OH is 2. The van der Waals surface area contributed by atoms with E-state index in [1.54, 1.807) is 13.8 Å². The zero-order chi connectivity index (χ0) is 13.4. The average molecular weight is 244 g/mol. The molecule has 0 aliphatic heterocycles. The van der Waals surface area contributed by atoms with Gasteiger partial charge in [-0.05, 0) is 25.0 Å². The molecule has 2 heteroatoms. The minimum atomic E-state index is -0.341. The maximum atomic E-state index is 9.02. The second kappa shape index (κ2) is 7.64. The second-order valence-corrected chi connectivity index (χ2v) is 4.17. The summed E-state index contributed by atoms with van der Waals surface area (Å²) in [4.78, 5) is 0. The number of aliphatic hydroxyl groups is 2. The van der Waals surface area contributed by atoms with E-state index >= 15 is 0 Å². The van der Waals surface area contributed by atoms with E-state index in [4.69, 9.17) is 10.2 Å². The van der Waals surface area contributed by atoms with Crippen molar-refractivity contribution in [1.29, 1.82) is 0 Å². The maximum absolute atomic E-state index is 9.02. The van der Waals surface area contributed by atoms with E-state index in [0.717, 1.165) is 11.1 Å². The molecule has 0 radical (unpaired) electrons. The molecule has 2 N–H and O–H groups in total. The van der Waals surface area contributed by atoms with Gasteiger partial charge in [0, 0.05) is 0 Å². The van der Waals surface area contributed by atoms with Crippen LogP contribution in [0.25, 0.3) is 0 Å². The average Bonchev–Trinajstić information content (AvgIpc) is 2.41. The summed E-state index contributed by atoms with van der Waals surface area (Å²) in [5.74, 6) is 0. The van der Waals surface area contributed by atoms with Crippen LogP contribution in [0.4, 0.5) is 0 Å². The molecule has 0 amide bonds. The Labute approximate surface area is 109 Å². The second-order valence-electron chi connectivity index (χ2n) is 4.17. The molecule has 2 aromatic rings. The summed E-state index contributed by atoms with van der Waals surface area (Å²) >= 11 is 0. The van der Waals surface area contributed by atoms with E-state index in [-0.39, 0.29) is 12.2 Å². The number of rotatable bonds is 2. The molecule has 0 spiro atoms. The minimum Gasteiger partial charge on any atom is -0.389 e. The molecule has 0 aromatic heterocycles. The van der Waals surface area contributed by atoms with E-state index < -0.39 is 0 Å². The van der Waals surface area contributed by atoms with Gasteiger partial charge in [0.25, 0.3) is 0 Å². The number of benzene rings is 2. The standard InChI is InChI=1S/2C8H10O/c2*1-7(9)8-5-3-2-4-6-8/h2*2-7,9H,1H3/t2*7-/m11/s1. The highest BCUT2D eigenvalue weighted by molar-refractivity contribution is 5.16. The summed E-state index contributed by atoms with van der Waals surface area (Å²) in [5, 5.41) is 18.0. The fraction of sp³-hybridized carbons (Fsp3) is 0.250. The molecule has 0 fully saturated rings. The summed E-state index contributed by atoms with van der Waals surface area (Å²) in [6.07, 6.45) is -0.683. The van der Waals surface area contributed by atoms with Gasteiger partial charge in [-0.25, -0.2) is 0 Å². The Morgan fingerprint density at radius 2 is 0.889 bits per heavy atom. The molecule has 0 saturated carbocycles. The largest absolute Gasteiger partial charge is 0.389 e. The first-order valence-corrected chi connectivity index (χ1v) is 6.07. The van der Waals surface area contributed by atoms with E-state index in [9.17, 15) is 0 Å². The molecule has 96 valence electrons. The zero-order valence-electron chi connectivity index (χ0n) is 10.8. The van der Waals surface area contributed by atoms with Gasteiger partial charge in [-0.2, -0.15) is 0 Å². The molecule has 0 bridgehead atoms. The first-order valence-electron chi connectivity index (χ1n) is 6.07. The molecule has 2 atom stereocenters. The van der Waals surface area contributed by atoms with Crippen molar-refractivity contribution in [3.05, 3.63) is 71.8 Å². The van der Waals surface area contributed by atoms with Crippen molar-refractivity contribution in [2.75, 3.05) is 0 Å². The Kier molecular flexibility index (Phi) is 6.12. The van der Waals surface area contributed by atoms with Crippen LogP contribution in [0.15, 0.2) is 60.7 Å². The minimum absolute atomic E-state index is 0.341. The Morgan fingerprint density at radius 1 is 0.611 bits per heavy atom. The smallest absolute Gasteiger partial charge is 0.0761 e. The lowest BCUT2D eigenvalue weighted by atomic mass is 10.1. The summed E-state index contributed by atoms with van der Waals surface area (Å²) in [6.45, 7) is 3.52. The predicted molar refractivity (Wildman–Crippen MR) is 74.2 cm³/mol. The molecule has 0 unspecified atom stereocenters. The summed E-state index contributed by atoms with van der Waals surface area (Å²) in [7, 11) is 0. The van der Waals surface area contributed by atoms with Gasteiger partial charge in [-0.15, -0.1) is 0 Å². The fourth-order valence-corrected chi connectivity index (χ4v) is 1.46. The molecule has 0 aliphatic carbocycles. The first kappa shape index (κ1) is 14.4. The van der Waals surface area contributed by atoms with Crippen molar-refractivity contribution in [1.82, 2.24) is 0 Å². The summed E-state index contributed by atoms with van der Waals surface area (Å²) in [6, 6.07) is 19.2. The monoisotopic (exact) mass is 244 g/mol. The van der Waals surface area contributed by atoms with Gasteiger partial charge in [0.05, 0.1) is 12.2 Å². The van der Waals surface area contributed by atoms with Gasteiger partial charge in [0.2, 0.25) is 0 Å². The van der Waals surface area contributed by atoms with Gasteiger partial charge in [0.1, 0.15) is 0 Å². The Morgan fingerprint density at radius 3 is 1.06 bits per heavy atom.